The van der Waals surface area contributed by atoms with Crippen molar-refractivity contribution in [3.05, 3.63) is 23.8 Å². The first-order valence-electron chi connectivity index (χ1n) is 6.86. The highest BCUT2D eigenvalue weighted by atomic mass is 16.2. The Morgan fingerprint density at radius 3 is 2.55 bits per heavy atom. The summed E-state index contributed by atoms with van der Waals surface area (Å²) in [6.07, 6.45) is 0.811. The number of aryl methyl sites for hydroxylation is 1. The van der Waals surface area contributed by atoms with E-state index in [0.717, 1.165) is 5.56 Å². The highest BCUT2D eigenvalue weighted by Gasteiger charge is 2.10. The van der Waals surface area contributed by atoms with Gasteiger partial charge in [-0.3, -0.25) is 9.59 Å². The van der Waals surface area contributed by atoms with Crippen LogP contribution in [0.5, 0.6) is 0 Å². The molecule has 0 spiro atoms. The number of anilines is 2. The van der Waals surface area contributed by atoms with Crippen LogP contribution in [-0.4, -0.2) is 18.4 Å². The average Bonchev–Trinajstić information content (AvgIpc) is 2.42. The van der Waals surface area contributed by atoms with Crippen LogP contribution in [-0.2, 0) is 9.59 Å². The lowest BCUT2D eigenvalue weighted by atomic mass is 10.1. The maximum absolute atomic E-state index is 11.9. The molecular weight excluding hydrogens is 254 g/mol. The van der Waals surface area contributed by atoms with Crippen LogP contribution >= 0.6 is 0 Å². The summed E-state index contributed by atoms with van der Waals surface area (Å²) in [5.41, 5.74) is 7.86. The summed E-state index contributed by atoms with van der Waals surface area (Å²) in [4.78, 5) is 23.2. The largest absolute Gasteiger partial charge is 0.330 e. The molecule has 5 heteroatoms. The number of nitrogens with two attached hydrogens (primary N) is 1. The van der Waals surface area contributed by atoms with Crippen molar-refractivity contribution in [3.63, 3.8) is 0 Å². The van der Waals surface area contributed by atoms with Crippen molar-refractivity contribution >= 4 is 23.2 Å². The maximum atomic E-state index is 11.9. The van der Waals surface area contributed by atoms with Crippen LogP contribution in [0, 0.1) is 12.8 Å². The van der Waals surface area contributed by atoms with E-state index < -0.39 is 0 Å². The molecule has 2 amide bonds. The van der Waals surface area contributed by atoms with E-state index >= 15 is 0 Å². The Morgan fingerprint density at radius 2 is 1.95 bits per heavy atom. The predicted octanol–water partition coefficient (Wildman–Crippen LogP) is 2.27. The van der Waals surface area contributed by atoms with Gasteiger partial charge in [0, 0.05) is 24.2 Å². The summed E-state index contributed by atoms with van der Waals surface area (Å²) in [5, 5.41) is 5.64. The lowest BCUT2D eigenvalue weighted by molar-refractivity contribution is -0.117. The van der Waals surface area contributed by atoms with Gasteiger partial charge < -0.3 is 16.4 Å². The molecule has 0 fully saturated rings. The van der Waals surface area contributed by atoms with E-state index in [1.54, 1.807) is 13.0 Å². The van der Waals surface area contributed by atoms with E-state index in [0.29, 0.717) is 30.8 Å². The van der Waals surface area contributed by atoms with Gasteiger partial charge in [-0.15, -0.1) is 0 Å². The van der Waals surface area contributed by atoms with Crippen molar-refractivity contribution in [2.75, 3.05) is 17.2 Å². The Kier molecular flexibility index (Phi) is 6.18. The molecule has 0 saturated carbocycles. The van der Waals surface area contributed by atoms with Crippen LogP contribution in [0.25, 0.3) is 0 Å². The van der Waals surface area contributed by atoms with E-state index in [4.69, 9.17) is 5.73 Å². The quantitative estimate of drug-likeness (QED) is 0.745. The van der Waals surface area contributed by atoms with Gasteiger partial charge in [0.25, 0.3) is 0 Å². The molecule has 5 nitrogen and oxygen atoms in total. The molecule has 1 aromatic rings. The van der Waals surface area contributed by atoms with Gasteiger partial charge in [-0.05, 0) is 37.1 Å². The molecule has 0 aliphatic carbocycles. The molecule has 0 saturated heterocycles. The summed E-state index contributed by atoms with van der Waals surface area (Å²) in [5.74, 6) is 0.0335. The Hall–Kier alpha value is -1.88. The van der Waals surface area contributed by atoms with Gasteiger partial charge in [-0.25, -0.2) is 0 Å². The minimum atomic E-state index is -0.0648. The fourth-order valence-electron chi connectivity index (χ4n) is 1.68. The Labute approximate surface area is 119 Å². The van der Waals surface area contributed by atoms with E-state index in [1.807, 2.05) is 26.0 Å². The van der Waals surface area contributed by atoms with Crippen LogP contribution in [0.4, 0.5) is 11.4 Å². The molecule has 0 aliphatic heterocycles. The Bertz CT molecular complexity index is 486. The number of carbonyl (C=O) groups excluding carboxylic acids is 2. The number of hydrogen-bond acceptors (Lipinski definition) is 3. The second-order valence-corrected chi connectivity index (χ2v) is 5.02. The fourth-order valence-corrected chi connectivity index (χ4v) is 1.68. The number of benzene rings is 1. The maximum Gasteiger partial charge on any atom is 0.224 e. The molecule has 1 atom stereocenters. The molecule has 0 bridgehead atoms. The van der Waals surface area contributed by atoms with Crippen molar-refractivity contribution in [1.82, 2.24) is 0 Å². The number of rotatable bonds is 6. The third kappa shape index (κ3) is 5.01. The lowest BCUT2D eigenvalue weighted by Gasteiger charge is -2.13. The van der Waals surface area contributed by atoms with Crippen molar-refractivity contribution in [3.8, 4) is 0 Å². The van der Waals surface area contributed by atoms with Gasteiger partial charge in [0.2, 0.25) is 11.8 Å². The molecule has 4 N–H and O–H groups in total. The van der Waals surface area contributed by atoms with Crippen molar-refractivity contribution in [2.45, 2.75) is 33.6 Å². The highest BCUT2D eigenvalue weighted by molar-refractivity contribution is 5.94. The zero-order valence-corrected chi connectivity index (χ0v) is 12.3. The third-order valence-corrected chi connectivity index (χ3v) is 3.05. The summed E-state index contributed by atoms with van der Waals surface area (Å²) >= 11 is 0. The minimum absolute atomic E-state index is 0.0529. The van der Waals surface area contributed by atoms with Crippen molar-refractivity contribution < 1.29 is 9.59 Å². The Morgan fingerprint density at radius 1 is 1.25 bits per heavy atom. The van der Waals surface area contributed by atoms with Gasteiger partial charge in [0.15, 0.2) is 0 Å². The highest BCUT2D eigenvalue weighted by Crippen LogP contribution is 2.21. The van der Waals surface area contributed by atoms with Gasteiger partial charge >= 0.3 is 0 Å². The van der Waals surface area contributed by atoms with Crippen LogP contribution in [0.1, 0.15) is 32.3 Å². The van der Waals surface area contributed by atoms with Crippen molar-refractivity contribution in [1.29, 1.82) is 0 Å². The van der Waals surface area contributed by atoms with Crippen LogP contribution < -0.4 is 16.4 Å². The number of hydrogen-bond donors (Lipinski definition) is 3. The SMILES string of the molecule is CCC(=O)Nc1ccc(C)c(NC(=O)CC(C)CN)c1. The molecule has 1 unspecified atom stereocenters. The van der Waals surface area contributed by atoms with Gasteiger partial charge in [0.1, 0.15) is 0 Å². The first kappa shape index (κ1) is 16.2. The monoisotopic (exact) mass is 277 g/mol. The van der Waals surface area contributed by atoms with Crippen LogP contribution in [0.3, 0.4) is 0 Å². The van der Waals surface area contributed by atoms with Crippen molar-refractivity contribution in [2.24, 2.45) is 11.7 Å². The van der Waals surface area contributed by atoms with E-state index in [9.17, 15) is 9.59 Å². The zero-order chi connectivity index (χ0) is 15.1. The number of amides is 2. The topological polar surface area (TPSA) is 84.2 Å². The first-order chi connectivity index (χ1) is 9.46. The smallest absolute Gasteiger partial charge is 0.224 e. The molecule has 20 heavy (non-hydrogen) atoms. The Balaban J connectivity index is 2.76. The molecule has 0 aliphatic rings. The third-order valence-electron chi connectivity index (χ3n) is 3.05. The minimum Gasteiger partial charge on any atom is -0.330 e. The summed E-state index contributed by atoms with van der Waals surface area (Å²) in [6.45, 7) is 6.12. The van der Waals surface area contributed by atoms with Gasteiger partial charge in [0.05, 0.1) is 0 Å². The van der Waals surface area contributed by atoms with Gasteiger partial charge in [-0.1, -0.05) is 19.9 Å². The molecule has 0 aromatic heterocycles. The summed E-state index contributed by atoms with van der Waals surface area (Å²) in [7, 11) is 0. The molecule has 0 heterocycles. The van der Waals surface area contributed by atoms with Crippen LogP contribution in [0.15, 0.2) is 18.2 Å². The lowest BCUT2D eigenvalue weighted by Crippen LogP contribution is -2.20. The van der Waals surface area contributed by atoms with E-state index in [2.05, 4.69) is 10.6 Å². The normalized spacial score (nSPS) is 11.8. The number of carbonyl (C=O) groups is 2. The molecular formula is C15H23N3O2. The molecule has 1 aromatic carbocycles. The molecule has 110 valence electrons. The van der Waals surface area contributed by atoms with Crippen LogP contribution in [0.2, 0.25) is 0 Å². The van der Waals surface area contributed by atoms with Gasteiger partial charge in [-0.2, -0.15) is 0 Å². The summed E-state index contributed by atoms with van der Waals surface area (Å²) < 4.78 is 0. The number of nitrogens with one attached hydrogen (secondary N) is 2. The zero-order valence-electron chi connectivity index (χ0n) is 12.3. The van der Waals surface area contributed by atoms with E-state index in [1.165, 1.54) is 0 Å². The average molecular weight is 277 g/mol. The molecule has 0 radical (unpaired) electrons. The second kappa shape index (κ2) is 7.65. The fraction of sp³-hybridized carbons (Fsp3) is 0.467. The molecule has 1 rings (SSSR count). The van der Waals surface area contributed by atoms with E-state index in [-0.39, 0.29) is 17.7 Å². The standard InChI is InChI=1S/C15H23N3O2/c1-4-14(19)17-12-6-5-11(3)13(8-12)18-15(20)7-10(2)9-16/h5-6,8,10H,4,7,9,16H2,1-3H3,(H,17,19)(H,18,20). The first-order valence-corrected chi connectivity index (χ1v) is 6.86. The predicted molar refractivity (Wildman–Crippen MR) is 81.6 cm³/mol. The second-order valence-electron chi connectivity index (χ2n) is 5.02. The summed E-state index contributed by atoms with van der Waals surface area (Å²) in [6, 6.07) is 5.46.